The monoisotopic (exact) mass is 295 g/mol. The summed E-state index contributed by atoms with van der Waals surface area (Å²) in [6, 6.07) is 3.57. The van der Waals surface area contributed by atoms with Crippen LogP contribution in [0.5, 0.6) is 0 Å². The molecule has 4 nitrogen and oxygen atoms in total. The van der Waals surface area contributed by atoms with Crippen LogP contribution in [0.2, 0.25) is 5.02 Å². The van der Waals surface area contributed by atoms with Crippen LogP contribution in [0.25, 0.3) is 0 Å². The van der Waals surface area contributed by atoms with Crippen molar-refractivity contribution in [1.82, 2.24) is 5.32 Å². The van der Waals surface area contributed by atoms with Gasteiger partial charge in [0.05, 0.1) is 10.7 Å². The standard InChI is InChI=1S/C15H22ClN3O/c1-5-19(8-9(2)3)13-7-12-10(6-11(13)16)14(17-4)15(20)18-12/h6-7,9,14,17H,5,8H2,1-4H3,(H,18,20). The molecule has 1 unspecified atom stereocenters. The van der Waals surface area contributed by atoms with Crippen LogP contribution in [-0.2, 0) is 4.79 Å². The number of carbonyl (C=O) groups excluding carboxylic acids is 1. The Kier molecular flexibility index (Phi) is 4.55. The zero-order chi connectivity index (χ0) is 14.9. The summed E-state index contributed by atoms with van der Waals surface area (Å²) in [5.74, 6) is 0.529. The summed E-state index contributed by atoms with van der Waals surface area (Å²) >= 11 is 6.43. The third-order valence-corrected chi connectivity index (χ3v) is 3.85. The zero-order valence-corrected chi connectivity index (χ0v) is 13.2. The minimum absolute atomic E-state index is 0.0253. The average molecular weight is 296 g/mol. The number of fused-ring (bicyclic) bond motifs is 1. The third kappa shape index (κ3) is 2.76. The van der Waals surface area contributed by atoms with Crippen molar-refractivity contribution < 1.29 is 4.79 Å². The number of anilines is 2. The Morgan fingerprint density at radius 3 is 2.70 bits per heavy atom. The van der Waals surface area contributed by atoms with E-state index in [1.54, 1.807) is 7.05 Å². The molecule has 0 aromatic heterocycles. The summed E-state index contributed by atoms with van der Waals surface area (Å²) in [4.78, 5) is 14.1. The van der Waals surface area contributed by atoms with E-state index in [0.717, 1.165) is 30.0 Å². The summed E-state index contributed by atoms with van der Waals surface area (Å²) in [6.07, 6.45) is 0. The minimum atomic E-state index is -0.309. The van der Waals surface area contributed by atoms with Crippen molar-refractivity contribution in [3.8, 4) is 0 Å². The smallest absolute Gasteiger partial charge is 0.246 e. The lowest BCUT2D eigenvalue weighted by Crippen LogP contribution is -2.27. The number of nitrogens with zero attached hydrogens (tertiary/aromatic N) is 1. The summed E-state index contributed by atoms with van der Waals surface area (Å²) in [7, 11) is 1.78. The molecule has 0 saturated carbocycles. The van der Waals surface area contributed by atoms with E-state index in [4.69, 9.17) is 11.6 Å². The molecule has 110 valence electrons. The van der Waals surface area contributed by atoms with E-state index < -0.39 is 0 Å². The number of benzene rings is 1. The molecule has 1 aromatic carbocycles. The number of hydrogen-bond donors (Lipinski definition) is 2. The lowest BCUT2D eigenvalue weighted by atomic mass is 10.1. The molecule has 0 saturated heterocycles. The Bertz CT molecular complexity index is 516. The zero-order valence-electron chi connectivity index (χ0n) is 12.5. The van der Waals surface area contributed by atoms with Crippen molar-refractivity contribution >= 4 is 28.9 Å². The first-order valence-electron chi connectivity index (χ1n) is 7.04. The molecule has 1 heterocycles. The van der Waals surface area contributed by atoms with Gasteiger partial charge in [0.15, 0.2) is 0 Å². The highest BCUT2D eigenvalue weighted by molar-refractivity contribution is 6.33. The van der Waals surface area contributed by atoms with Crippen molar-refractivity contribution in [1.29, 1.82) is 0 Å². The van der Waals surface area contributed by atoms with Crippen LogP contribution < -0.4 is 15.5 Å². The molecular weight excluding hydrogens is 274 g/mol. The van der Waals surface area contributed by atoms with E-state index in [1.807, 2.05) is 12.1 Å². The fourth-order valence-corrected chi connectivity index (χ4v) is 2.93. The van der Waals surface area contributed by atoms with E-state index in [9.17, 15) is 4.79 Å². The first kappa shape index (κ1) is 15.1. The summed E-state index contributed by atoms with van der Waals surface area (Å²) in [5, 5.41) is 6.62. The lowest BCUT2D eigenvalue weighted by Gasteiger charge is -2.26. The van der Waals surface area contributed by atoms with Crippen molar-refractivity contribution in [2.45, 2.75) is 26.8 Å². The van der Waals surface area contributed by atoms with E-state index in [0.29, 0.717) is 10.9 Å². The maximum atomic E-state index is 11.9. The van der Waals surface area contributed by atoms with E-state index in [2.05, 4.69) is 36.3 Å². The van der Waals surface area contributed by atoms with Crippen LogP contribution in [0.4, 0.5) is 11.4 Å². The topological polar surface area (TPSA) is 44.4 Å². The van der Waals surface area contributed by atoms with Crippen molar-refractivity contribution in [2.24, 2.45) is 5.92 Å². The second-order valence-corrected chi connectivity index (χ2v) is 5.94. The molecule has 1 atom stereocenters. The van der Waals surface area contributed by atoms with Gasteiger partial charge in [0, 0.05) is 24.3 Å². The molecule has 2 N–H and O–H groups in total. The Hall–Kier alpha value is -1.26. The Labute approximate surface area is 125 Å². The SMILES string of the molecule is CCN(CC(C)C)c1cc2c(cc1Cl)C(NC)C(=O)N2. The van der Waals surface area contributed by atoms with E-state index >= 15 is 0 Å². The number of amides is 1. The van der Waals surface area contributed by atoms with Gasteiger partial charge in [0.1, 0.15) is 6.04 Å². The average Bonchev–Trinajstić information content (AvgIpc) is 2.69. The maximum absolute atomic E-state index is 11.9. The van der Waals surface area contributed by atoms with Gasteiger partial charge in [-0.05, 0) is 32.0 Å². The highest BCUT2D eigenvalue weighted by Gasteiger charge is 2.30. The normalized spacial score (nSPS) is 17.3. The van der Waals surface area contributed by atoms with Crippen LogP contribution in [-0.4, -0.2) is 26.0 Å². The minimum Gasteiger partial charge on any atom is -0.370 e. The second kappa shape index (κ2) is 6.02. The van der Waals surface area contributed by atoms with Crippen molar-refractivity contribution in [3.05, 3.63) is 22.7 Å². The van der Waals surface area contributed by atoms with Gasteiger partial charge in [-0.2, -0.15) is 0 Å². The molecule has 0 aliphatic carbocycles. The summed E-state index contributed by atoms with van der Waals surface area (Å²) < 4.78 is 0. The lowest BCUT2D eigenvalue weighted by molar-refractivity contribution is -0.117. The number of likely N-dealkylation sites (N-methyl/N-ethyl adjacent to an activating group) is 1. The van der Waals surface area contributed by atoms with E-state index in [-0.39, 0.29) is 11.9 Å². The van der Waals surface area contributed by atoms with Gasteiger partial charge in [-0.25, -0.2) is 0 Å². The fraction of sp³-hybridized carbons (Fsp3) is 0.533. The van der Waals surface area contributed by atoms with Gasteiger partial charge >= 0.3 is 0 Å². The number of nitrogens with one attached hydrogen (secondary N) is 2. The Morgan fingerprint density at radius 2 is 2.15 bits per heavy atom. The second-order valence-electron chi connectivity index (χ2n) is 5.53. The number of rotatable bonds is 5. The van der Waals surface area contributed by atoms with Gasteiger partial charge in [0.2, 0.25) is 5.91 Å². The molecule has 0 fully saturated rings. The molecule has 1 aromatic rings. The van der Waals surface area contributed by atoms with Gasteiger partial charge in [-0.15, -0.1) is 0 Å². The van der Waals surface area contributed by atoms with Gasteiger partial charge in [0.25, 0.3) is 0 Å². The predicted octanol–water partition coefficient (Wildman–Crippen LogP) is 3.03. The maximum Gasteiger partial charge on any atom is 0.246 e. The van der Waals surface area contributed by atoms with Crippen molar-refractivity contribution in [3.63, 3.8) is 0 Å². The number of hydrogen-bond acceptors (Lipinski definition) is 3. The molecule has 20 heavy (non-hydrogen) atoms. The molecule has 5 heteroatoms. The first-order valence-corrected chi connectivity index (χ1v) is 7.42. The quantitative estimate of drug-likeness (QED) is 0.877. The molecule has 2 rings (SSSR count). The van der Waals surface area contributed by atoms with Gasteiger partial charge < -0.3 is 15.5 Å². The van der Waals surface area contributed by atoms with Gasteiger partial charge in [-0.1, -0.05) is 25.4 Å². The molecule has 1 aliphatic heterocycles. The molecular formula is C15H22ClN3O. The highest BCUT2D eigenvalue weighted by Crippen LogP contribution is 2.38. The highest BCUT2D eigenvalue weighted by atomic mass is 35.5. The molecule has 1 aliphatic rings. The van der Waals surface area contributed by atoms with Crippen LogP contribution in [0, 0.1) is 5.92 Å². The summed E-state index contributed by atoms with van der Waals surface area (Å²) in [6.45, 7) is 8.31. The molecule has 0 bridgehead atoms. The number of carbonyl (C=O) groups is 1. The number of halogens is 1. The van der Waals surface area contributed by atoms with Crippen LogP contribution in [0.3, 0.4) is 0 Å². The Balaban J connectivity index is 2.38. The first-order chi connectivity index (χ1) is 9.47. The van der Waals surface area contributed by atoms with Crippen LogP contribution in [0.15, 0.2) is 12.1 Å². The van der Waals surface area contributed by atoms with E-state index in [1.165, 1.54) is 0 Å². The molecule has 1 amide bonds. The molecule has 0 spiro atoms. The van der Waals surface area contributed by atoms with Gasteiger partial charge in [-0.3, -0.25) is 4.79 Å². The fourth-order valence-electron chi connectivity index (χ4n) is 2.64. The largest absolute Gasteiger partial charge is 0.370 e. The van der Waals surface area contributed by atoms with Crippen molar-refractivity contribution in [2.75, 3.05) is 30.4 Å². The van der Waals surface area contributed by atoms with Crippen LogP contribution >= 0.6 is 11.6 Å². The summed E-state index contributed by atoms with van der Waals surface area (Å²) in [5.41, 5.74) is 2.77. The van der Waals surface area contributed by atoms with Crippen LogP contribution in [0.1, 0.15) is 32.4 Å². The third-order valence-electron chi connectivity index (χ3n) is 3.55. The predicted molar refractivity (Wildman–Crippen MR) is 84.6 cm³/mol. The Morgan fingerprint density at radius 1 is 1.45 bits per heavy atom. The molecule has 0 radical (unpaired) electrons.